The zero-order chi connectivity index (χ0) is 31.7. The Labute approximate surface area is 273 Å². The van der Waals surface area contributed by atoms with Crippen LogP contribution in [0.15, 0.2) is 87.1 Å². The van der Waals surface area contributed by atoms with Crippen LogP contribution in [0, 0.1) is 0 Å². The fourth-order valence-electron chi connectivity index (χ4n) is 5.26. The molecule has 0 aliphatic heterocycles. The van der Waals surface area contributed by atoms with E-state index in [9.17, 15) is 18.0 Å². The summed E-state index contributed by atoms with van der Waals surface area (Å²) in [6, 6.07) is 20.0. The summed E-state index contributed by atoms with van der Waals surface area (Å²) in [5.74, 6) is -0.147. The summed E-state index contributed by atoms with van der Waals surface area (Å²) in [5.41, 5.74) is 1.13. The molecule has 4 rings (SSSR count). The monoisotopic (exact) mass is 701 g/mol. The third kappa shape index (κ3) is 8.79. The van der Waals surface area contributed by atoms with Crippen LogP contribution in [-0.4, -0.2) is 56.6 Å². The molecule has 236 valence electrons. The molecule has 0 unspecified atom stereocenters. The third-order valence-electron chi connectivity index (χ3n) is 7.72. The van der Waals surface area contributed by atoms with E-state index in [0.29, 0.717) is 18.0 Å². The van der Waals surface area contributed by atoms with Crippen molar-refractivity contribution in [3.05, 3.63) is 82.8 Å². The van der Waals surface area contributed by atoms with Crippen molar-refractivity contribution in [3.63, 3.8) is 0 Å². The minimum atomic E-state index is -4.15. The molecule has 11 heteroatoms. The van der Waals surface area contributed by atoms with Crippen LogP contribution in [0.1, 0.15) is 51.5 Å². The van der Waals surface area contributed by atoms with Gasteiger partial charge >= 0.3 is 0 Å². The van der Waals surface area contributed by atoms with Gasteiger partial charge in [-0.3, -0.25) is 13.9 Å². The summed E-state index contributed by atoms with van der Waals surface area (Å²) in [6.07, 6.45) is 7.03. The molecule has 2 amide bonds. The van der Waals surface area contributed by atoms with Crippen LogP contribution >= 0.6 is 27.7 Å². The van der Waals surface area contributed by atoms with Gasteiger partial charge in [-0.15, -0.1) is 11.8 Å². The number of hydrogen-bond donors (Lipinski definition) is 1. The number of ether oxygens (including phenoxy) is 1. The molecule has 1 fully saturated rings. The van der Waals surface area contributed by atoms with E-state index in [2.05, 4.69) is 21.2 Å². The molecule has 3 aromatic carbocycles. The molecule has 1 aliphatic rings. The molecule has 8 nitrogen and oxygen atoms in total. The molecule has 1 saturated carbocycles. The van der Waals surface area contributed by atoms with Gasteiger partial charge in [0.1, 0.15) is 18.3 Å². The molecule has 0 saturated heterocycles. The first kappa shape index (κ1) is 33.9. The summed E-state index contributed by atoms with van der Waals surface area (Å²) in [7, 11) is -4.15. The quantitative estimate of drug-likeness (QED) is 0.201. The highest BCUT2D eigenvalue weighted by atomic mass is 79.9. The number of nitrogens with zero attached hydrogens (tertiary/aromatic N) is 2. The van der Waals surface area contributed by atoms with Gasteiger partial charge in [-0.25, -0.2) is 8.42 Å². The van der Waals surface area contributed by atoms with Gasteiger partial charge in [0.15, 0.2) is 0 Å². The number of carbonyl (C=O) groups excluding carboxylic acids is 2. The number of benzene rings is 3. The lowest BCUT2D eigenvalue weighted by atomic mass is 9.95. The Morgan fingerprint density at radius 3 is 2.32 bits per heavy atom. The SMILES string of the molecule is CCOc1ccc(N(CC(=O)N(Cc2cccc(Br)c2)[C@@H](C)C(=O)NC2CCCCC2)S(=O)(=O)c2ccc(SC)cc2)cc1. The molecule has 1 atom stereocenters. The molecule has 44 heavy (non-hydrogen) atoms. The first-order chi connectivity index (χ1) is 21.1. The number of anilines is 1. The van der Waals surface area contributed by atoms with Gasteiger partial charge in [-0.05, 0) is 99.2 Å². The van der Waals surface area contributed by atoms with Crippen molar-refractivity contribution in [2.75, 3.05) is 23.7 Å². The number of amides is 2. The standard InChI is InChI=1S/C33H40BrN3O5S2/c1-4-42-29-15-13-28(14-16-29)37(44(40,41)31-19-17-30(43-3)18-20-31)23-32(38)36(22-25-9-8-10-26(34)21-25)24(2)33(39)35-27-11-6-5-7-12-27/h8-10,13-21,24,27H,4-7,11-12,22-23H2,1-3H3,(H,35,39)/t24-/m0/s1. The van der Waals surface area contributed by atoms with E-state index in [-0.39, 0.29) is 23.4 Å². The predicted octanol–water partition coefficient (Wildman–Crippen LogP) is 6.63. The smallest absolute Gasteiger partial charge is 0.264 e. The highest BCUT2D eigenvalue weighted by Crippen LogP contribution is 2.28. The Morgan fingerprint density at radius 2 is 1.70 bits per heavy atom. The van der Waals surface area contributed by atoms with Gasteiger partial charge in [0.2, 0.25) is 11.8 Å². The van der Waals surface area contributed by atoms with Gasteiger partial charge in [-0.1, -0.05) is 47.3 Å². The molecule has 1 N–H and O–H groups in total. The molecule has 0 aromatic heterocycles. The molecular formula is C33H40BrN3O5S2. The van der Waals surface area contributed by atoms with Crippen molar-refractivity contribution in [2.24, 2.45) is 0 Å². The second kappa shape index (κ2) is 15.8. The Bertz CT molecular complexity index is 1510. The third-order valence-corrected chi connectivity index (χ3v) is 10.7. The van der Waals surface area contributed by atoms with Crippen molar-refractivity contribution in [3.8, 4) is 5.75 Å². The zero-order valence-electron chi connectivity index (χ0n) is 25.4. The highest BCUT2D eigenvalue weighted by Gasteiger charge is 2.33. The van der Waals surface area contributed by atoms with E-state index in [4.69, 9.17) is 4.74 Å². The fraction of sp³-hybridized carbons (Fsp3) is 0.394. The summed E-state index contributed by atoms with van der Waals surface area (Å²) in [5, 5.41) is 3.13. The van der Waals surface area contributed by atoms with E-state index in [1.807, 2.05) is 37.4 Å². The first-order valence-electron chi connectivity index (χ1n) is 14.9. The van der Waals surface area contributed by atoms with Crippen molar-refractivity contribution < 1.29 is 22.7 Å². The van der Waals surface area contributed by atoms with Crippen LogP contribution in [0.2, 0.25) is 0 Å². The number of thioether (sulfide) groups is 1. The molecule has 3 aromatic rings. The molecule has 0 bridgehead atoms. The first-order valence-corrected chi connectivity index (χ1v) is 18.3. The predicted molar refractivity (Wildman–Crippen MR) is 180 cm³/mol. The maximum atomic E-state index is 14.2. The van der Waals surface area contributed by atoms with Crippen LogP contribution in [0.4, 0.5) is 5.69 Å². The summed E-state index contributed by atoms with van der Waals surface area (Å²) in [6.45, 7) is 3.68. The zero-order valence-corrected chi connectivity index (χ0v) is 28.6. The molecule has 0 radical (unpaired) electrons. The van der Waals surface area contributed by atoms with Crippen molar-refractivity contribution in [1.82, 2.24) is 10.2 Å². The van der Waals surface area contributed by atoms with E-state index in [1.165, 1.54) is 16.7 Å². The average molecular weight is 703 g/mol. The summed E-state index contributed by atoms with van der Waals surface area (Å²) in [4.78, 5) is 30.1. The number of carbonyl (C=O) groups is 2. The Balaban J connectivity index is 1.68. The summed E-state index contributed by atoms with van der Waals surface area (Å²) < 4.78 is 35.7. The fourth-order valence-corrected chi connectivity index (χ4v) is 7.53. The molecule has 0 spiro atoms. The number of hydrogen-bond acceptors (Lipinski definition) is 6. The van der Waals surface area contributed by atoms with Gasteiger partial charge < -0.3 is 15.0 Å². The van der Waals surface area contributed by atoms with E-state index in [0.717, 1.165) is 51.3 Å². The van der Waals surface area contributed by atoms with Crippen LogP contribution in [0.5, 0.6) is 5.75 Å². The Morgan fingerprint density at radius 1 is 1.02 bits per heavy atom. The number of halogens is 1. The largest absolute Gasteiger partial charge is 0.494 e. The average Bonchev–Trinajstić information content (AvgIpc) is 3.03. The maximum absolute atomic E-state index is 14.2. The number of sulfonamides is 1. The van der Waals surface area contributed by atoms with Crippen molar-refractivity contribution in [1.29, 1.82) is 0 Å². The summed E-state index contributed by atoms with van der Waals surface area (Å²) >= 11 is 5.00. The van der Waals surface area contributed by atoms with Crippen LogP contribution in [0.3, 0.4) is 0 Å². The number of nitrogens with one attached hydrogen (secondary N) is 1. The second-order valence-corrected chi connectivity index (χ2v) is 14.4. The minimum Gasteiger partial charge on any atom is -0.494 e. The molecule has 0 heterocycles. The normalized spacial score (nSPS) is 14.5. The lowest BCUT2D eigenvalue weighted by Gasteiger charge is -2.33. The topological polar surface area (TPSA) is 96.0 Å². The Kier molecular flexibility index (Phi) is 12.2. The van der Waals surface area contributed by atoms with Crippen LogP contribution in [0.25, 0.3) is 0 Å². The second-order valence-electron chi connectivity index (χ2n) is 10.8. The lowest BCUT2D eigenvalue weighted by Crippen LogP contribution is -2.53. The van der Waals surface area contributed by atoms with Gasteiger partial charge in [0.05, 0.1) is 17.2 Å². The van der Waals surface area contributed by atoms with Gasteiger partial charge in [0.25, 0.3) is 10.0 Å². The minimum absolute atomic E-state index is 0.0682. The van der Waals surface area contributed by atoms with Crippen molar-refractivity contribution >= 4 is 55.2 Å². The van der Waals surface area contributed by atoms with E-state index < -0.39 is 28.5 Å². The maximum Gasteiger partial charge on any atom is 0.264 e. The van der Waals surface area contributed by atoms with E-state index >= 15 is 0 Å². The van der Waals surface area contributed by atoms with E-state index in [1.54, 1.807) is 55.5 Å². The van der Waals surface area contributed by atoms with Crippen LogP contribution < -0.4 is 14.4 Å². The van der Waals surface area contributed by atoms with Gasteiger partial charge in [0, 0.05) is 22.0 Å². The Hall–Kier alpha value is -3.02. The molecular weight excluding hydrogens is 662 g/mol. The highest BCUT2D eigenvalue weighted by molar-refractivity contribution is 9.10. The van der Waals surface area contributed by atoms with Gasteiger partial charge in [-0.2, -0.15) is 0 Å². The molecule has 1 aliphatic carbocycles. The van der Waals surface area contributed by atoms with Crippen LogP contribution in [-0.2, 0) is 26.2 Å². The lowest BCUT2D eigenvalue weighted by molar-refractivity contribution is -0.139. The number of rotatable bonds is 13. The van der Waals surface area contributed by atoms with Crippen molar-refractivity contribution in [2.45, 2.75) is 74.4 Å².